The average molecular weight is 188 g/mol. The highest BCUT2D eigenvalue weighted by Crippen LogP contribution is 2.16. The minimum absolute atomic E-state index is 0.207. The molecule has 0 aromatic heterocycles. The van der Waals surface area contributed by atoms with Crippen LogP contribution in [0.4, 0.5) is 8.78 Å². The Morgan fingerprint density at radius 3 is 2.38 bits per heavy atom. The number of halogens is 2. The largest absolute Gasteiger partial charge is 0.494 e. The normalized spacial score (nSPS) is 9.92. The Labute approximate surface area is 73.7 Å². The topological polar surface area (TPSA) is 49.7 Å². The van der Waals surface area contributed by atoms with Crippen LogP contribution >= 0.6 is 0 Å². The smallest absolute Gasteiger partial charge is 0.492 e. The predicted octanol–water partition coefficient (Wildman–Crippen LogP) is -0.347. The van der Waals surface area contributed by atoms with Crippen LogP contribution in [0.2, 0.25) is 0 Å². The molecule has 2 N–H and O–H groups in total. The summed E-state index contributed by atoms with van der Waals surface area (Å²) in [5.74, 6) is -2.82. The second kappa shape index (κ2) is 3.72. The van der Waals surface area contributed by atoms with Crippen LogP contribution in [0.1, 0.15) is 0 Å². The van der Waals surface area contributed by atoms with Crippen LogP contribution in [0.3, 0.4) is 0 Å². The summed E-state index contributed by atoms with van der Waals surface area (Å²) in [7, 11) is -0.769. The highest BCUT2D eigenvalue weighted by molar-refractivity contribution is 6.59. The van der Waals surface area contributed by atoms with E-state index >= 15 is 0 Å². The van der Waals surface area contributed by atoms with Crippen LogP contribution in [-0.2, 0) is 0 Å². The maximum atomic E-state index is 12.9. The van der Waals surface area contributed by atoms with Crippen molar-refractivity contribution in [1.82, 2.24) is 0 Å². The molecule has 70 valence electrons. The Bertz CT molecular complexity index is 317. The van der Waals surface area contributed by atoms with Gasteiger partial charge in [-0.2, -0.15) is 4.39 Å². The molecule has 1 rings (SSSR count). The third-order valence-electron chi connectivity index (χ3n) is 1.56. The van der Waals surface area contributed by atoms with Crippen LogP contribution in [0.25, 0.3) is 0 Å². The van der Waals surface area contributed by atoms with Gasteiger partial charge in [0, 0.05) is 5.46 Å². The van der Waals surface area contributed by atoms with Crippen LogP contribution in [0.5, 0.6) is 5.75 Å². The molecule has 0 aliphatic carbocycles. The third kappa shape index (κ3) is 1.79. The summed E-state index contributed by atoms with van der Waals surface area (Å²) in [5, 5.41) is 17.5. The molecule has 1 aromatic rings. The fourth-order valence-corrected chi connectivity index (χ4v) is 0.958. The lowest BCUT2D eigenvalue weighted by Crippen LogP contribution is -2.32. The fourth-order valence-electron chi connectivity index (χ4n) is 0.958. The molecule has 0 spiro atoms. The van der Waals surface area contributed by atoms with Crippen molar-refractivity contribution in [2.24, 2.45) is 0 Å². The molecule has 3 nitrogen and oxygen atoms in total. The van der Waals surface area contributed by atoms with Gasteiger partial charge in [0.05, 0.1) is 7.11 Å². The quantitative estimate of drug-likeness (QED) is 0.623. The number of benzene rings is 1. The SMILES string of the molecule is COc1c(B(O)O)ccc(F)c1F. The summed E-state index contributed by atoms with van der Waals surface area (Å²) in [6.07, 6.45) is 0. The summed E-state index contributed by atoms with van der Waals surface area (Å²) in [6.45, 7) is 0. The number of ether oxygens (including phenoxy) is 1. The first-order valence-electron chi connectivity index (χ1n) is 3.46. The third-order valence-corrected chi connectivity index (χ3v) is 1.56. The van der Waals surface area contributed by atoms with Gasteiger partial charge in [0.1, 0.15) is 0 Å². The molecule has 0 saturated heterocycles. The fraction of sp³-hybridized carbons (Fsp3) is 0.143. The van der Waals surface area contributed by atoms with E-state index in [4.69, 9.17) is 10.0 Å². The van der Waals surface area contributed by atoms with Gasteiger partial charge in [-0.1, -0.05) is 6.07 Å². The Balaban J connectivity index is 3.30. The molecule has 1 aromatic carbocycles. The first-order chi connectivity index (χ1) is 6.07. The minimum Gasteiger partial charge on any atom is -0.494 e. The van der Waals surface area contributed by atoms with E-state index in [1.807, 2.05) is 0 Å². The maximum Gasteiger partial charge on any atom is 0.492 e. The molecular formula is C7H7BF2O3. The number of hydrogen-bond acceptors (Lipinski definition) is 3. The molecule has 0 aliphatic rings. The Kier molecular flexibility index (Phi) is 2.85. The van der Waals surface area contributed by atoms with Crippen LogP contribution in [0.15, 0.2) is 12.1 Å². The summed E-state index contributed by atoms with van der Waals surface area (Å²) in [4.78, 5) is 0. The molecule has 0 saturated carbocycles. The van der Waals surface area contributed by atoms with E-state index in [9.17, 15) is 8.78 Å². The van der Waals surface area contributed by atoms with Gasteiger partial charge in [0.2, 0.25) is 0 Å². The van der Waals surface area contributed by atoms with Crippen molar-refractivity contribution in [2.45, 2.75) is 0 Å². The zero-order chi connectivity index (χ0) is 10.0. The summed E-state index contributed by atoms with van der Waals surface area (Å²) < 4.78 is 30.0. The van der Waals surface area contributed by atoms with E-state index in [1.165, 1.54) is 0 Å². The second-order valence-corrected chi connectivity index (χ2v) is 2.36. The molecule has 0 aliphatic heterocycles. The highest BCUT2D eigenvalue weighted by Gasteiger charge is 2.22. The molecule has 0 radical (unpaired) electrons. The second-order valence-electron chi connectivity index (χ2n) is 2.36. The zero-order valence-corrected chi connectivity index (χ0v) is 6.79. The Morgan fingerprint density at radius 2 is 1.92 bits per heavy atom. The van der Waals surface area contributed by atoms with Crippen molar-refractivity contribution in [2.75, 3.05) is 7.11 Å². The minimum atomic E-state index is -1.88. The summed E-state index contributed by atoms with van der Waals surface area (Å²) in [6, 6.07) is 1.84. The van der Waals surface area contributed by atoms with Crippen molar-refractivity contribution in [3.8, 4) is 5.75 Å². The monoisotopic (exact) mass is 188 g/mol. The number of rotatable bonds is 2. The standard InChI is InChI=1S/C7H7BF2O3/c1-13-7-4(8(11)12)2-3-5(9)6(7)10/h2-3,11-12H,1H3. The van der Waals surface area contributed by atoms with E-state index in [-0.39, 0.29) is 5.46 Å². The predicted molar refractivity (Wildman–Crippen MR) is 42.7 cm³/mol. The van der Waals surface area contributed by atoms with Crippen molar-refractivity contribution >= 4 is 12.6 Å². The van der Waals surface area contributed by atoms with E-state index in [2.05, 4.69) is 4.74 Å². The van der Waals surface area contributed by atoms with Crippen molar-refractivity contribution in [3.05, 3.63) is 23.8 Å². The molecule has 0 amide bonds. The van der Waals surface area contributed by atoms with Gasteiger partial charge >= 0.3 is 7.12 Å². The van der Waals surface area contributed by atoms with Crippen molar-refractivity contribution in [1.29, 1.82) is 0 Å². The van der Waals surface area contributed by atoms with E-state index in [0.717, 1.165) is 19.2 Å². The number of hydrogen-bond donors (Lipinski definition) is 2. The van der Waals surface area contributed by atoms with Crippen LogP contribution < -0.4 is 10.2 Å². The van der Waals surface area contributed by atoms with Gasteiger partial charge in [0.15, 0.2) is 17.4 Å². The Morgan fingerprint density at radius 1 is 1.31 bits per heavy atom. The van der Waals surface area contributed by atoms with Gasteiger partial charge in [0.25, 0.3) is 0 Å². The lowest BCUT2D eigenvalue weighted by molar-refractivity contribution is 0.369. The first kappa shape index (κ1) is 9.95. The Hall–Kier alpha value is -1.14. The molecule has 0 atom stereocenters. The molecule has 0 bridgehead atoms. The van der Waals surface area contributed by atoms with Gasteiger partial charge in [-0.3, -0.25) is 0 Å². The van der Waals surface area contributed by atoms with Gasteiger partial charge in [-0.15, -0.1) is 0 Å². The van der Waals surface area contributed by atoms with Crippen molar-refractivity contribution in [3.63, 3.8) is 0 Å². The molecule has 0 unspecified atom stereocenters. The first-order valence-corrected chi connectivity index (χ1v) is 3.46. The maximum absolute atomic E-state index is 12.9. The van der Waals surface area contributed by atoms with Gasteiger partial charge in [-0.25, -0.2) is 4.39 Å². The van der Waals surface area contributed by atoms with E-state index < -0.39 is 24.5 Å². The molecular weight excluding hydrogens is 181 g/mol. The molecule has 0 fully saturated rings. The van der Waals surface area contributed by atoms with E-state index in [0.29, 0.717) is 0 Å². The average Bonchev–Trinajstić information content (AvgIpc) is 2.09. The van der Waals surface area contributed by atoms with Crippen LogP contribution in [-0.4, -0.2) is 24.3 Å². The lowest BCUT2D eigenvalue weighted by Gasteiger charge is -2.08. The number of methoxy groups -OCH3 is 1. The van der Waals surface area contributed by atoms with Gasteiger partial charge < -0.3 is 14.8 Å². The molecule has 6 heteroatoms. The highest BCUT2D eigenvalue weighted by atomic mass is 19.2. The summed E-state index contributed by atoms with van der Waals surface area (Å²) >= 11 is 0. The zero-order valence-electron chi connectivity index (χ0n) is 6.79. The lowest BCUT2D eigenvalue weighted by atomic mass is 9.79. The molecule has 0 heterocycles. The van der Waals surface area contributed by atoms with E-state index in [1.54, 1.807) is 0 Å². The van der Waals surface area contributed by atoms with Crippen molar-refractivity contribution < 1.29 is 23.6 Å². The van der Waals surface area contributed by atoms with Gasteiger partial charge in [-0.05, 0) is 6.07 Å². The van der Waals surface area contributed by atoms with Crippen LogP contribution in [0, 0.1) is 11.6 Å². The molecule has 13 heavy (non-hydrogen) atoms. The summed E-state index contributed by atoms with van der Waals surface area (Å²) in [5.41, 5.74) is -0.207.